The number of unbranched alkanes of at least 4 members (excludes halogenated alkanes) is 1. The number of carboxylic acid groups (broad SMARTS) is 1. The Morgan fingerprint density at radius 3 is 2.71 bits per heavy atom. The Morgan fingerprint density at radius 1 is 1.38 bits per heavy atom. The van der Waals surface area contributed by atoms with Gasteiger partial charge in [0, 0.05) is 18.1 Å². The fraction of sp³-hybridized carbons (Fsp3) is 0.556. The van der Waals surface area contributed by atoms with E-state index in [2.05, 4.69) is 12.2 Å². The zero-order valence-corrected chi connectivity index (χ0v) is 14.0. The minimum absolute atomic E-state index is 0.197. The fourth-order valence-electron chi connectivity index (χ4n) is 2.67. The molecular weight excluding hydrogens is 310 g/mol. The first-order chi connectivity index (χ1) is 11.6. The average Bonchev–Trinajstić information content (AvgIpc) is 2.61. The molecule has 0 aliphatic carbocycles. The molecule has 1 aromatic rings. The number of amides is 1. The largest absolute Gasteiger partial charge is 0.494 e. The van der Waals surface area contributed by atoms with Crippen LogP contribution in [0.5, 0.6) is 5.75 Å². The van der Waals surface area contributed by atoms with Crippen LogP contribution in [0.25, 0.3) is 0 Å². The lowest BCUT2D eigenvalue weighted by atomic mass is 9.93. The van der Waals surface area contributed by atoms with Gasteiger partial charge in [0.05, 0.1) is 13.2 Å². The number of rotatable bonds is 8. The number of aliphatic carboxylic acids is 1. The summed E-state index contributed by atoms with van der Waals surface area (Å²) >= 11 is 0. The van der Waals surface area contributed by atoms with Gasteiger partial charge in [-0.05, 0) is 43.5 Å². The van der Waals surface area contributed by atoms with E-state index < -0.39 is 17.9 Å². The molecule has 1 saturated heterocycles. The van der Waals surface area contributed by atoms with Crippen LogP contribution in [0.15, 0.2) is 24.3 Å². The maximum Gasteiger partial charge on any atom is 0.326 e. The molecule has 1 aliphatic heterocycles. The third kappa shape index (κ3) is 5.23. The quantitative estimate of drug-likeness (QED) is 0.713. The number of ether oxygens (including phenoxy) is 2. The first kappa shape index (κ1) is 18.3. The number of carbonyl (C=O) groups excluding carboxylic acids is 1. The molecule has 6 heteroatoms. The van der Waals surface area contributed by atoms with Crippen molar-refractivity contribution in [2.24, 2.45) is 5.92 Å². The number of carboxylic acids is 1. The predicted molar refractivity (Wildman–Crippen MR) is 89.3 cm³/mol. The molecule has 1 fully saturated rings. The van der Waals surface area contributed by atoms with Crippen LogP contribution in [0.1, 0.15) is 43.0 Å². The molecule has 0 spiro atoms. The van der Waals surface area contributed by atoms with Gasteiger partial charge < -0.3 is 19.9 Å². The molecule has 1 heterocycles. The summed E-state index contributed by atoms with van der Waals surface area (Å²) in [5.41, 5.74) is 0.417. The standard InChI is InChI=1S/C18H25NO5/c1-2-3-11-24-15-8-6-13(7-9-15)17(20)19-16(18(21)22)14-5-4-10-23-12-14/h6-9,14,16H,2-5,10-12H2,1H3,(H,19,20)(H,21,22). The molecule has 0 bridgehead atoms. The van der Waals surface area contributed by atoms with Crippen molar-refractivity contribution in [3.05, 3.63) is 29.8 Å². The van der Waals surface area contributed by atoms with Crippen molar-refractivity contribution < 1.29 is 24.2 Å². The van der Waals surface area contributed by atoms with E-state index in [0.717, 1.165) is 25.7 Å². The fourth-order valence-corrected chi connectivity index (χ4v) is 2.67. The summed E-state index contributed by atoms with van der Waals surface area (Å²) in [6.07, 6.45) is 3.59. The Balaban J connectivity index is 1.95. The Kier molecular flexibility index (Phi) is 7.06. The van der Waals surface area contributed by atoms with Gasteiger partial charge in [-0.15, -0.1) is 0 Å². The summed E-state index contributed by atoms with van der Waals surface area (Å²) < 4.78 is 10.9. The van der Waals surface area contributed by atoms with Crippen molar-refractivity contribution >= 4 is 11.9 Å². The smallest absolute Gasteiger partial charge is 0.326 e. The summed E-state index contributed by atoms with van der Waals surface area (Å²) in [6.45, 7) is 3.75. The number of hydrogen-bond acceptors (Lipinski definition) is 4. The van der Waals surface area contributed by atoms with E-state index in [9.17, 15) is 14.7 Å². The van der Waals surface area contributed by atoms with Crippen molar-refractivity contribution in [3.8, 4) is 5.75 Å². The zero-order chi connectivity index (χ0) is 17.4. The van der Waals surface area contributed by atoms with Crippen LogP contribution in [-0.4, -0.2) is 42.8 Å². The second-order valence-corrected chi connectivity index (χ2v) is 5.99. The Hall–Kier alpha value is -2.08. The summed E-state index contributed by atoms with van der Waals surface area (Å²) in [5.74, 6) is -0.918. The van der Waals surface area contributed by atoms with Gasteiger partial charge in [0.1, 0.15) is 11.8 Å². The molecule has 2 atom stereocenters. The normalized spacial score (nSPS) is 18.6. The highest BCUT2D eigenvalue weighted by atomic mass is 16.5. The highest BCUT2D eigenvalue weighted by Crippen LogP contribution is 2.19. The summed E-state index contributed by atoms with van der Waals surface area (Å²) in [4.78, 5) is 23.8. The lowest BCUT2D eigenvalue weighted by molar-refractivity contribution is -0.142. The topological polar surface area (TPSA) is 84.9 Å². The minimum Gasteiger partial charge on any atom is -0.494 e. The van der Waals surface area contributed by atoms with Gasteiger partial charge in [-0.3, -0.25) is 4.79 Å². The second-order valence-electron chi connectivity index (χ2n) is 5.99. The van der Waals surface area contributed by atoms with E-state index in [1.54, 1.807) is 24.3 Å². The third-order valence-electron chi connectivity index (χ3n) is 4.10. The Morgan fingerprint density at radius 2 is 2.12 bits per heavy atom. The van der Waals surface area contributed by atoms with Gasteiger partial charge >= 0.3 is 5.97 Å². The van der Waals surface area contributed by atoms with E-state index in [0.29, 0.717) is 31.1 Å². The third-order valence-corrected chi connectivity index (χ3v) is 4.10. The first-order valence-electron chi connectivity index (χ1n) is 8.46. The highest BCUT2D eigenvalue weighted by molar-refractivity contribution is 5.96. The van der Waals surface area contributed by atoms with Crippen LogP contribution in [0.3, 0.4) is 0 Å². The van der Waals surface area contributed by atoms with Gasteiger partial charge in [-0.2, -0.15) is 0 Å². The molecule has 2 unspecified atom stereocenters. The van der Waals surface area contributed by atoms with Crippen molar-refractivity contribution in [3.63, 3.8) is 0 Å². The minimum atomic E-state index is -1.03. The molecule has 1 amide bonds. The van der Waals surface area contributed by atoms with Crippen LogP contribution in [0.2, 0.25) is 0 Å². The second kappa shape index (κ2) is 9.27. The van der Waals surface area contributed by atoms with E-state index in [4.69, 9.17) is 9.47 Å². The van der Waals surface area contributed by atoms with Crippen molar-refractivity contribution in [2.75, 3.05) is 19.8 Å². The zero-order valence-electron chi connectivity index (χ0n) is 14.0. The van der Waals surface area contributed by atoms with E-state index in [-0.39, 0.29) is 5.92 Å². The van der Waals surface area contributed by atoms with Crippen molar-refractivity contribution in [1.29, 1.82) is 0 Å². The summed E-state index contributed by atoms with van der Waals surface area (Å²) in [7, 11) is 0. The Bertz CT molecular complexity index is 537. The van der Waals surface area contributed by atoms with E-state index >= 15 is 0 Å². The number of hydrogen-bond donors (Lipinski definition) is 2. The molecule has 24 heavy (non-hydrogen) atoms. The van der Waals surface area contributed by atoms with Crippen LogP contribution in [0.4, 0.5) is 0 Å². The lowest BCUT2D eigenvalue weighted by Crippen LogP contribution is -2.48. The summed E-state index contributed by atoms with van der Waals surface area (Å²) in [6, 6.07) is 5.81. The Labute approximate surface area is 142 Å². The monoisotopic (exact) mass is 335 g/mol. The van der Waals surface area contributed by atoms with Crippen LogP contribution < -0.4 is 10.1 Å². The predicted octanol–water partition coefficient (Wildman–Crippen LogP) is 2.48. The molecule has 0 aromatic heterocycles. The van der Waals surface area contributed by atoms with E-state index in [1.165, 1.54) is 0 Å². The van der Waals surface area contributed by atoms with Crippen molar-refractivity contribution in [1.82, 2.24) is 5.32 Å². The first-order valence-corrected chi connectivity index (χ1v) is 8.46. The lowest BCUT2D eigenvalue weighted by Gasteiger charge is -2.28. The number of carbonyl (C=O) groups is 2. The molecule has 2 rings (SSSR count). The number of nitrogens with one attached hydrogen (secondary N) is 1. The highest BCUT2D eigenvalue weighted by Gasteiger charge is 2.31. The molecular formula is C18H25NO5. The SMILES string of the molecule is CCCCOc1ccc(C(=O)NC(C(=O)O)C2CCCOC2)cc1. The molecule has 1 aliphatic rings. The van der Waals surface area contributed by atoms with Crippen LogP contribution >= 0.6 is 0 Å². The molecule has 6 nitrogen and oxygen atoms in total. The van der Waals surface area contributed by atoms with E-state index in [1.807, 2.05) is 0 Å². The molecule has 0 radical (unpaired) electrons. The molecule has 2 N–H and O–H groups in total. The molecule has 0 saturated carbocycles. The summed E-state index contributed by atoms with van der Waals surface area (Å²) in [5, 5.41) is 12.0. The van der Waals surface area contributed by atoms with Crippen molar-refractivity contribution in [2.45, 2.75) is 38.6 Å². The molecule has 1 aromatic carbocycles. The van der Waals surface area contributed by atoms with Gasteiger partial charge in [0.15, 0.2) is 0 Å². The average molecular weight is 335 g/mol. The van der Waals surface area contributed by atoms with Gasteiger partial charge in [0.2, 0.25) is 0 Å². The van der Waals surface area contributed by atoms with Gasteiger partial charge in [0.25, 0.3) is 5.91 Å². The van der Waals surface area contributed by atoms with Crippen LogP contribution in [0, 0.1) is 5.92 Å². The van der Waals surface area contributed by atoms with Gasteiger partial charge in [-0.25, -0.2) is 4.79 Å². The molecule has 132 valence electrons. The number of benzene rings is 1. The maximum absolute atomic E-state index is 12.3. The van der Waals surface area contributed by atoms with Crippen LogP contribution in [-0.2, 0) is 9.53 Å². The van der Waals surface area contributed by atoms with Gasteiger partial charge in [-0.1, -0.05) is 13.3 Å². The maximum atomic E-state index is 12.3.